The second kappa shape index (κ2) is 4.35. The molecule has 0 aliphatic heterocycles. The van der Waals surface area contributed by atoms with Crippen LogP contribution >= 0.6 is 0 Å². The van der Waals surface area contributed by atoms with Crippen molar-refractivity contribution in [3.63, 3.8) is 0 Å². The van der Waals surface area contributed by atoms with Gasteiger partial charge in [0.2, 0.25) is 15.3 Å². The Morgan fingerprint density at radius 2 is 1.88 bits per heavy atom. The lowest BCUT2D eigenvalue weighted by Crippen LogP contribution is -2.27. The van der Waals surface area contributed by atoms with Gasteiger partial charge in [0.25, 0.3) is 0 Å². The van der Waals surface area contributed by atoms with Crippen LogP contribution in [-0.2, 0) is 19.4 Å². The summed E-state index contributed by atoms with van der Waals surface area (Å²) in [5.41, 5.74) is -1.37. The van der Waals surface area contributed by atoms with E-state index in [0.717, 1.165) is 12.8 Å². The van der Waals surface area contributed by atoms with E-state index in [2.05, 4.69) is 0 Å². The van der Waals surface area contributed by atoms with Gasteiger partial charge in [-0.2, -0.15) is 0 Å². The summed E-state index contributed by atoms with van der Waals surface area (Å²) in [5.74, 6) is 0. The summed E-state index contributed by atoms with van der Waals surface area (Å²) in [6.07, 6.45) is 1.93. The zero-order chi connectivity index (χ0) is 11.6. The Balaban J connectivity index is 2.25. The predicted octanol–water partition coefficient (Wildman–Crippen LogP) is 1.16. The second-order valence-electron chi connectivity index (χ2n) is 3.70. The van der Waals surface area contributed by atoms with Crippen molar-refractivity contribution >= 4 is 16.1 Å². The first kappa shape index (κ1) is 11.3. The Hall–Kier alpha value is -1.20. The maximum atomic E-state index is 12.0. The molecule has 1 aliphatic carbocycles. The van der Waals surface area contributed by atoms with Gasteiger partial charge in [-0.1, -0.05) is 18.2 Å². The highest BCUT2D eigenvalue weighted by Gasteiger charge is 2.34. The molecule has 2 rings (SSSR count). The van der Waals surface area contributed by atoms with Gasteiger partial charge in [0, 0.05) is 0 Å². The number of hydrogen-bond donors (Lipinski definition) is 0. The summed E-state index contributed by atoms with van der Waals surface area (Å²) in [5, 5.41) is 0. The Morgan fingerprint density at radius 3 is 2.38 bits per heavy atom. The van der Waals surface area contributed by atoms with E-state index >= 15 is 0 Å². The monoisotopic (exact) mass is 240 g/mol. The van der Waals surface area contributed by atoms with Crippen LogP contribution < -0.4 is 0 Å². The highest BCUT2D eigenvalue weighted by atomic mass is 32.2. The van der Waals surface area contributed by atoms with Crippen LogP contribution in [0.3, 0.4) is 0 Å². The molecule has 5 heteroatoms. The van der Waals surface area contributed by atoms with Gasteiger partial charge >= 0.3 is 0 Å². The van der Waals surface area contributed by atoms with Gasteiger partial charge < -0.3 is 4.74 Å². The standard InChI is InChI=1S/C11H12O4S/c12-8-11(15-9-6-7-9)16(13,14)10-4-2-1-3-5-10/h1-5,8-9,11H,6-7H2. The van der Waals surface area contributed by atoms with E-state index in [-0.39, 0.29) is 11.0 Å². The molecule has 16 heavy (non-hydrogen) atoms. The summed E-state index contributed by atoms with van der Waals surface area (Å²) in [4.78, 5) is 10.9. The van der Waals surface area contributed by atoms with Crippen molar-refractivity contribution in [3.05, 3.63) is 30.3 Å². The van der Waals surface area contributed by atoms with Gasteiger partial charge in [0.15, 0.2) is 6.29 Å². The van der Waals surface area contributed by atoms with E-state index in [1.54, 1.807) is 18.2 Å². The lowest BCUT2D eigenvalue weighted by molar-refractivity contribution is -0.114. The van der Waals surface area contributed by atoms with Crippen LogP contribution in [0, 0.1) is 0 Å². The summed E-state index contributed by atoms with van der Waals surface area (Å²) in [6, 6.07) is 7.87. The molecule has 0 heterocycles. The molecule has 4 nitrogen and oxygen atoms in total. The number of hydrogen-bond acceptors (Lipinski definition) is 4. The molecule has 0 spiro atoms. The molecule has 1 fully saturated rings. The third kappa shape index (κ3) is 2.31. The number of carbonyl (C=O) groups excluding carboxylic acids is 1. The van der Waals surface area contributed by atoms with E-state index in [4.69, 9.17) is 4.74 Å². The average Bonchev–Trinajstić information content (AvgIpc) is 3.10. The molecule has 1 aromatic carbocycles. The van der Waals surface area contributed by atoms with Crippen molar-refractivity contribution in [3.8, 4) is 0 Å². The van der Waals surface area contributed by atoms with Crippen molar-refractivity contribution in [1.29, 1.82) is 0 Å². The molecule has 1 aliphatic rings. The molecular weight excluding hydrogens is 228 g/mol. The first-order valence-electron chi connectivity index (χ1n) is 5.04. The molecule has 0 saturated heterocycles. The molecule has 1 unspecified atom stereocenters. The molecule has 1 aromatic rings. The zero-order valence-electron chi connectivity index (χ0n) is 8.57. The summed E-state index contributed by atoms with van der Waals surface area (Å²) < 4.78 is 29.1. The van der Waals surface area contributed by atoms with E-state index in [1.165, 1.54) is 12.1 Å². The van der Waals surface area contributed by atoms with Gasteiger partial charge in [-0.25, -0.2) is 8.42 Å². The summed E-state index contributed by atoms with van der Waals surface area (Å²) >= 11 is 0. The van der Waals surface area contributed by atoms with E-state index in [9.17, 15) is 13.2 Å². The number of benzene rings is 1. The lowest BCUT2D eigenvalue weighted by Gasteiger charge is -2.12. The predicted molar refractivity (Wildman–Crippen MR) is 57.6 cm³/mol. The molecule has 0 N–H and O–H groups in total. The van der Waals surface area contributed by atoms with Crippen LogP contribution in [0.4, 0.5) is 0 Å². The van der Waals surface area contributed by atoms with Crippen LogP contribution in [-0.4, -0.2) is 26.2 Å². The van der Waals surface area contributed by atoms with Crippen LogP contribution in [0.1, 0.15) is 12.8 Å². The first-order chi connectivity index (χ1) is 7.64. The maximum Gasteiger partial charge on any atom is 0.218 e. The van der Waals surface area contributed by atoms with Gasteiger partial charge in [0.05, 0.1) is 11.0 Å². The Labute approximate surface area is 94.2 Å². The zero-order valence-corrected chi connectivity index (χ0v) is 9.39. The van der Waals surface area contributed by atoms with E-state index < -0.39 is 15.3 Å². The summed E-state index contributed by atoms with van der Waals surface area (Å²) in [7, 11) is -3.70. The average molecular weight is 240 g/mol. The van der Waals surface area contributed by atoms with Gasteiger partial charge in [0.1, 0.15) is 0 Å². The van der Waals surface area contributed by atoms with Crippen LogP contribution in [0.2, 0.25) is 0 Å². The van der Waals surface area contributed by atoms with Crippen molar-refractivity contribution < 1.29 is 17.9 Å². The molecule has 0 aromatic heterocycles. The van der Waals surface area contributed by atoms with E-state index in [0.29, 0.717) is 6.29 Å². The van der Waals surface area contributed by atoms with Gasteiger partial charge in [-0.3, -0.25) is 4.79 Å². The fourth-order valence-electron chi connectivity index (χ4n) is 1.32. The van der Waals surface area contributed by atoms with Crippen LogP contribution in [0.15, 0.2) is 35.2 Å². The minimum absolute atomic E-state index is 0.0753. The molecule has 1 saturated carbocycles. The number of ether oxygens (including phenoxy) is 1. The topological polar surface area (TPSA) is 60.4 Å². The number of sulfone groups is 1. The van der Waals surface area contributed by atoms with Crippen molar-refractivity contribution in [2.24, 2.45) is 0 Å². The van der Waals surface area contributed by atoms with Crippen molar-refractivity contribution in [2.45, 2.75) is 29.3 Å². The van der Waals surface area contributed by atoms with Crippen molar-refractivity contribution in [2.75, 3.05) is 0 Å². The quantitative estimate of drug-likeness (QED) is 0.725. The Morgan fingerprint density at radius 1 is 1.25 bits per heavy atom. The smallest absolute Gasteiger partial charge is 0.218 e. The highest BCUT2D eigenvalue weighted by molar-refractivity contribution is 7.92. The molecule has 0 amide bonds. The highest BCUT2D eigenvalue weighted by Crippen LogP contribution is 2.27. The third-order valence-electron chi connectivity index (χ3n) is 2.34. The fourth-order valence-corrected chi connectivity index (χ4v) is 2.57. The molecular formula is C11H12O4S. The Bertz CT molecular complexity index is 462. The van der Waals surface area contributed by atoms with Crippen LogP contribution in [0.25, 0.3) is 0 Å². The SMILES string of the molecule is O=CC(OC1CC1)S(=O)(=O)c1ccccc1. The molecule has 0 radical (unpaired) electrons. The fraction of sp³-hybridized carbons (Fsp3) is 0.364. The largest absolute Gasteiger partial charge is 0.352 e. The molecule has 0 bridgehead atoms. The minimum atomic E-state index is -3.70. The Kier molecular flexibility index (Phi) is 3.07. The maximum absolute atomic E-state index is 12.0. The second-order valence-corrected chi connectivity index (χ2v) is 5.72. The van der Waals surface area contributed by atoms with Crippen molar-refractivity contribution in [1.82, 2.24) is 0 Å². The minimum Gasteiger partial charge on any atom is -0.352 e. The number of aldehydes is 1. The normalized spacial score (nSPS) is 18.0. The number of carbonyl (C=O) groups is 1. The van der Waals surface area contributed by atoms with Gasteiger partial charge in [-0.15, -0.1) is 0 Å². The first-order valence-corrected chi connectivity index (χ1v) is 6.59. The summed E-state index contributed by atoms with van der Waals surface area (Å²) in [6.45, 7) is 0. The van der Waals surface area contributed by atoms with Gasteiger partial charge in [-0.05, 0) is 25.0 Å². The lowest BCUT2D eigenvalue weighted by atomic mass is 10.4. The molecule has 86 valence electrons. The third-order valence-corrected chi connectivity index (χ3v) is 4.10. The van der Waals surface area contributed by atoms with Crippen LogP contribution in [0.5, 0.6) is 0 Å². The molecule has 1 atom stereocenters. The number of rotatable bonds is 5. The van der Waals surface area contributed by atoms with E-state index in [1.807, 2.05) is 0 Å².